The van der Waals surface area contributed by atoms with Crippen LogP contribution in [0.25, 0.3) is 0 Å². The van der Waals surface area contributed by atoms with Crippen LogP contribution in [-0.2, 0) is 0 Å². The second-order valence-corrected chi connectivity index (χ2v) is 11.9. The van der Waals surface area contributed by atoms with Crippen LogP contribution in [0.4, 0.5) is 0 Å². The van der Waals surface area contributed by atoms with Gasteiger partial charge >= 0.3 is 0 Å². The molecular formula is C17H26N2P2. The van der Waals surface area contributed by atoms with Gasteiger partial charge in [-0.15, -0.1) is 18.4 Å². The number of hydrogen-bond acceptors (Lipinski definition) is 2. The molecule has 2 unspecified atom stereocenters. The summed E-state index contributed by atoms with van der Waals surface area (Å²) in [5.41, 5.74) is 0. The lowest BCUT2D eigenvalue weighted by atomic mass is 10.2. The molecule has 0 aliphatic rings. The van der Waals surface area contributed by atoms with Crippen molar-refractivity contribution in [2.45, 2.75) is 45.4 Å². The van der Waals surface area contributed by atoms with Crippen LogP contribution in [0, 0.1) is 34.5 Å². The Kier molecular flexibility index (Phi) is 14.9. The molecule has 0 fully saturated rings. The van der Waals surface area contributed by atoms with Gasteiger partial charge in [0.1, 0.15) is 0 Å². The van der Waals surface area contributed by atoms with Crippen molar-refractivity contribution in [3.8, 4) is 24.0 Å². The van der Waals surface area contributed by atoms with E-state index in [0.29, 0.717) is 12.8 Å². The van der Waals surface area contributed by atoms with E-state index in [9.17, 15) is 0 Å². The molecule has 0 bridgehead atoms. The molecule has 2 atom stereocenters. The fraction of sp³-hybridized carbons (Fsp3) is 0.647. The van der Waals surface area contributed by atoms with Gasteiger partial charge in [0.05, 0.1) is 12.1 Å². The molecule has 0 aromatic heterocycles. The molecule has 0 rings (SSSR count). The molecule has 0 aromatic rings. The second-order valence-electron chi connectivity index (χ2n) is 4.68. The highest BCUT2D eigenvalue weighted by molar-refractivity contribution is 8.29. The van der Waals surface area contributed by atoms with Crippen LogP contribution in [0.1, 0.15) is 45.4 Å². The van der Waals surface area contributed by atoms with Gasteiger partial charge in [0.25, 0.3) is 0 Å². The van der Waals surface area contributed by atoms with Crippen molar-refractivity contribution in [2.75, 3.05) is 24.6 Å². The van der Waals surface area contributed by atoms with Crippen LogP contribution in [0.2, 0.25) is 0 Å². The van der Waals surface area contributed by atoms with E-state index in [1.54, 1.807) is 0 Å². The Morgan fingerprint density at radius 1 is 0.905 bits per heavy atom. The number of allylic oxidation sites excluding steroid dienone is 1. The molecule has 114 valence electrons. The van der Waals surface area contributed by atoms with E-state index in [-0.39, 0.29) is 15.2 Å². The number of nitrogens with zero attached hydrogens (tertiary/aromatic N) is 2. The Labute approximate surface area is 133 Å². The molecule has 0 saturated carbocycles. The van der Waals surface area contributed by atoms with Gasteiger partial charge < -0.3 is 0 Å². The molecular weight excluding hydrogens is 294 g/mol. The summed E-state index contributed by atoms with van der Waals surface area (Å²) in [6.07, 6.45) is 12.3. The van der Waals surface area contributed by atoms with E-state index in [4.69, 9.17) is 10.5 Å². The maximum atomic E-state index is 8.88. The summed E-state index contributed by atoms with van der Waals surface area (Å²) in [5, 5.41) is 17.7. The van der Waals surface area contributed by atoms with Gasteiger partial charge in [-0.25, -0.2) is 0 Å². The highest BCUT2D eigenvalue weighted by atomic mass is 32.1. The summed E-state index contributed by atoms with van der Waals surface area (Å²) < 4.78 is 0. The van der Waals surface area contributed by atoms with Gasteiger partial charge in [0, 0.05) is 19.3 Å². The highest BCUT2D eigenvalue weighted by Crippen LogP contribution is 2.69. The number of nitriles is 2. The summed E-state index contributed by atoms with van der Waals surface area (Å²) >= 11 is 0. The number of unbranched alkanes of at least 4 members (excludes halogenated alkanes) is 2. The van der Waals surface area contributed by atoms with E-state index in [1.807, 2.05) is 13.0 Å². The Balaban J connectivity index is 4.53. The van der Waals surface area contributed by atoms with Crippen molar-refractivity contribution in [3.63, 3.8) is 0 Å². The summed E-state index contributed by atoms with van der Waals surface area (Å²) in [6, 6.07) is 4.58. The standard InChI is InChI=1S/C17H26N2P2/c1-3-5-7-9-15-21(17-11-13-19)20(16-10-12-18)14-8-6-4-2/h3H,1,5,7-11,14-17H2,2H3. The van der Waals surface area contributed by atoms with E-state index < -0.39 is 0 Å². The minimum absolute atomic E-state index is 0.0857. The fourth-order valence-electron chi connectivity index (χ4n) is 2.04. The Morgan fingerprint density at radius 3 is 2.00 bits per heavy atom. The molecule has 0 aromatic carbocycles. The first-order chi connectivity index (χ1) is 10.3. The lowest BCUT2D eigenvalue weighted by Gasteiger charge is -2.27. The Morgan fingerprint density at radius 2 is 1.48 bits per heavy atom. The zero-order valence-corrected chi connectivity index (χ0v) is 14.9. The average Bonchev–Trinajstić information content (AvgIpc) is 2.50. The first-order valence-electron chi connectivity index (χ1n) is 7.54. The molecule has 0 amide bonds. The normalized spacial score (nSPS) is 12.3. The molecule has 0 aliphatic carbocycles. The van der Waals surface area contributed by atoms with Crippen molar-refractivity contribution >= 4 is 15.2 Å². The number of rotatable bonds is 12. The fourth-order valence-corrected chi connectivity index (χ4v) is 10.0. The largest absolute Gasteiger partial charge is 0.198 e. The average molecular weight is 320 g/mol. The predicted molar refractivity (Wildman–Crippen MR) is 95.9 cm³/mol. The van der Waals surface area contributed by atoms with Crippen LogP contribution in [0.3, 0.4) is 0 Å². The SMILES string of the molecule is C=CCCCCP(CCC#N)P(CCC#N)CCC#CC. The van der Waals surface area contributed by atoms with Crippen LogP contribution >= 0.6 is 15.2 Å². The smallest absolute Gasteiger partial charge is 0.0625 e. The minimum atomic E-state index is -0.111. The Bertz CT molecular complexity index is 409. The molecule has 0 spiro atoms. The summed E-state index contributed by atoms with van der Waals surface area (Å²) in [6.45, 7) is 5.65. The quantitative estimate of drug-likeness (QED) is 0.207. The first kappa shape index (κ1) is 20.1. The van der Waals surface area contributed by atoms with Gasteiger partial charge in [-0.3, -0.25) is 0 Å². The van der Waals surface area contributed by atoms with Crippen molar-refractivity contribution in [1.82, 2.24) is 0 Å². The zero-order chi connectivity index (χ0) is 15.8. The van der Waals surface area contributed by atoms with Gasteiger partial charge in [0.2, 0.25) is 0 Å². The van der Waals surface area contributed by atoms with E-state index in [1.165, 1.54) is 19.0 Å². The Hall–Kier alpha value is -0.860. The molecule has 0 aliphatic heterocycles. The van der Waals surface area contributed by atoms with Crippen molar-refractivity contribution < 1.29 is 0 Å². The minimum Gasteiger partial charge on any atom is -0.198 e. The van der Waals surface area contributed by atoms with E-state index >= 15 is 0 Å². The molecule has 0 N–H and O–H groups in total. The van der Waals surface area contributed by atoms with E-state index in [0.717, 1.165) is 31.3 Å². The van der Waals surface area contributed by atoms with Crippen LogP contribution < -0.4 is 0 Å². The third-order valence-electron chi connectivity index (χ3n) is 3.11. The summed E-state index contributed by atoms with van der Waals surface area (Å²) in [7, 11) is -0.197. The maximum Gasteiger partial charge on any atom is 0.0625 e. The monoisotopic (exact) mass is 320 g/mol. The van der Waals surface area contributed by atoms with Crippen molar-refractivity contribution in [1.29, 1.82) is 10.5 Å². The predicted octanol–water partition coefficient (Wildman–Crippen LogP) is 5.46. The lowest BCUT2D eigenvalue weighted by Crippen LogP contribution is -1.96. The molecule has 0 heterocycles. The first-order valence-corrected chi connectivity index (χ1v) is 11.7. The molecule has 0 saturated heterocycles. The van der Waals surface area contributed by atoms with Gasteiger partial charge in [-0.1, -0.05) is 21.3 Å². The molecule has 0 radical (unpaired) electrons. The second kappa shape index (κ2) is 15.5. The van der Waals surface area contributed by atoms with Gasteiger partial charge in [-0.05, 0) is 50.8 Å². The zero-order valence-electron chi connectivity index (χ0n) is 13.1. The van der Waals surface area contributed by atoms with Crippen LogP contribution in [0.5, 0.6) is 0 Å². The summed E-state index contributed by atoms with van der Waals surface area (Å²) in [4.78, 5) is 0. The molecule has 2 nitrogen and oxygen atoms in total. The third kappa shape index (κ3) is 11.5. The van der Waals surface area contributed by atoms with E-state index in [2.05, 4.69) is 30.6 Å². The van der Waals surface area contributed by atoms with Crippen LogP contribution in [0.15, 0.2) is 12.7 Å². The van der Waals surface area contributed by atoms with Crippen molar-refractivity contribution in [3.05, 3.63) is 12.7 Å². The van der Waals surface area contributed by atoms with Crippen molar-refractivity contribution in [2.24, 2.45) is 0 Å². The van der Waals surface area contributed by atoms with Gasteiger partial charge in [0.15, 0.2) is 0 Å². The maximum absolute atomic E-state index is 8.88. The summed E-state index contributed by atoms with van der Waals surface area (Å²) in [5.74, 6) is 6.12. The topological polar surface area (TPSA) is 47.6 Å². The molecule has 4 heteroatoms. The highest BCUT2D eigenvalue weighted by Gasteiger charge is 2.19. The lowest BCUT2D eigenvalue weighted by molar-refractivity contribution is 0.821. The number of hydrogen-bond donors (Lipinski definition) is 0. The molecule has 21 heavy (non-hydrogen) atoms. The van der Waals surface area contributed by atoms with Gasteiger partial charge in [-0.2, -0.15) is 10.5 Å². The third-order valence-corrected chi connectivity index (χ3v) is 11.8. The van der Waals surface area contributed by atoms with Crippen LogP contribution in [-0.4, -0.2) is 24.6 Å².